The van der Waals surface area contributed by atoms with Crippen LogP contribution in [0.2, 0.25) is 5.02 Å². The molecule has 7 heteroatoms. The molecule has 1 aliphatic heterocycles. The number of nitrogens with zero attached hydrogens (tertiary/aromatic N) is 1. The first-order valence-electron chi connectivity index (χ1n) is 7.58. The van der Waals surface area contributed by atoms with Crippen molar-refractivity contribution in [3.63, 3.8) is 0 Å². The molecular weight excluding hydrogens is 349 g/mol. The lowest BCUT2D eigenvalue weighted by atomic mass is 10.2. The SMILES string of the molecule is Fc1c(Cl)cccc1NC(=S)Nc1ccc(N2CCOCC2)cc1. The van der Waals surface area contributed by atoms with E-state index in [2.05, 4.69) is 15.5 Å². The van der Waals surface area contributed by atoms with E-state index in [0.29, 0.717) is 5.11 Å². The second-order valence-electron chi connectivity index (χ2n) is 5.33. The Morgan fingerprint density at radius 3 is 2.50 bits per heavy atom. The molecule has 1 saturated heterocycles. The smallest absolute Gasteiger partial charge is 0.175 e. The maximum absolute atomic E-state index is 13.9. The highest BCUT2D eigenvalue weighted by atomic mass is 35.5. The predicted molar refractivity (Wildman–Crippen MR) is 101 cm³/mol. The van der Waals surface area contributed by atoms with E-state index in [4.69, 9.17) is 28.6 Å². The fourth-order valence-electron chi connectivity index (χ4n) is 2.46. The van der Waals surface area contributed by atoms with Crippen LogP contribution in [0, 0.1) is 5.82 Å². The van der Waals surface area contributed by atoms with Crippen LogP contribution < -0.4 is 15.5 Å². The minimum Gasteiger partial charge on any atom is -0.378 e. The van der Waals surface area contributed by atoms with Gasteiger partial charge in [-0.15, -0.1) is 0 Å². The molecule has 1 fully saturated rings. The highest BCUT2D eigenvalue weighted by molar-refractivity contribution is 7.80. The summed E-state index contributed by atoms with van der Waals surface area (Å²) in [6.07, 6.45) is 0. The molecule has 126 valence electrons. The van der Waals surface area contributed by atoms with Crippen molar-refractivity contribution < 1.29 is 9.13 Å². The molecule has 1 aliphatic rings. The maximum atomic E-state index is 13.9. The van der Waals surface area contributed by atoms with Gasteiger partial charge in [0.2, 0.25) is 0 Å². The molecule has 0 radical (unpaired) electrons. The summed E-state index contributed by atoms with van der Waals surface area (Å²) in [6, 6.07) is 12.7. The fourth-order valence-corrected chi connectivity index (χ4v) is 2.86. The highest BCUT2D eigenvalue weighted by Crippen LogP contribution is 2.23. The van der Waals surface area contributed by atoms with E-state index >= 15 is 0 Å². The number of ether oxygens (including phenoxy) is 1. The predicted octanol–water partition coefficient (Wildman–Crippen LogP) is 4.12. The first-order valence-corrected chi connectivity index (χ1v) is 8.37. The largest absolute Gasteiger partial charge is 0.378 e. The lowest BCUT2D eigenvalue weighted by Gasteiger charge is -2.29. The van der Waals surface area contributed by atoms with Gasteiger partial charge in [0.15, 0.2) is 10.9 Å². The highest BCUT2D eigenvalue weighted by Gasteiger charge is 2.11. The number of anilines is 3. The van der Waals surface area contributed by atoms with E-state index in [1.54, 1.807) is 12.1 Å². The minimum atomic E-state index is -0.522. The van der Waals surface area contributed by atoms with Gasteiger partial charge >= 0.3 is 0 Å². The zero-order chi connectivity index (χ0) is 16.9. The van der Waals surface area contributed by atoms with Crippen molar-refractivity contribution in [2.45, 2.75) is 0 Å². The Labute approximate surface area is 150 Å². The summed E-state index contributed by atoms with van der Waals surface area (Å²) in [5.74, 6) is -0.522. The molecule has 0 aromatic heterocycles. The zero-order valence-corrected chi connectivity index (χ0v) is 14.5. The summed E-state index contributed by atoms with van der Waals surface area (Å²) in [7, 11) is 0. The molecule has 0 aliphatic carbocycles. The van der Waals surface area contributed by atoms with Crippen LogP contribution in [0.3, 0.4) is 0 Å². The monoisotopic (exact) mass is 365 g/mol. The van der Waals surface area contributed by atoms with Crippen molar-refractivity contribution in [2.75, 3.05) is 41.8 Å². The molecule has 0 unspecified atom stereocenters. The Morgan fingerprint density at radius 1 is 1.08 bits per heavy atom. The molecule has 2 aromatic rings. The van der Waals surface area contributed by atoms with E-state index in [9.17, 15) is 4.39 Å². The second-order valence-corrected chi connectivity index (χ2v) is 6.14. The van der Waals surface area contributed by atoms with Crippen LogP contribution in [0.15, 0.2) is 42.5 Å². The number of thiocarbonyl (C=S) groups is 1. The Kier molecular flexibility index (Phi) is 5.50. The molecular formula is C17H17ClFN3OS. The molecule has 4 nitrogen and oxygen atoms in total. The molecule has 0 bridgehead atoms. The molecule has 0 spiro atoms. The van der Waals surface area contributed by atoms with Gasteiger partial charge in [-0.05, 0) is 48.6 Å². The molecule has 24 heavy (non-hydrogen) atoms. The molecule has 2 N–H and O–H groups in total. The van der Waals surface area contributed by atoms with Gasteiger partial charge in [-0.25, -0.2) is 4.39 Å². The quantitative estimate of drug-likeness (QED) is 0.800. The summed E-state index contributed by atoms with van der Waals surface area (Å²) in [4.78, 5) is 2.27. The van der Waals surface area contributed by atoms with Gasteiger partial charge in [-0.2, -0.15) is 0 Å². The summed E-state index contributed by atoms with van der Waals surface area (Å²) >= 11 is 11.0. The van der Waals surface area contributed by atoms with Gasteiger partial charge in [-0.3, -0.25) is 0 Å². The third-order valence-electron chi connectivity index (χ3n) is 3.70. The summed E-state index contributed by atoms with van der Waals surface area (Å²) in [5.41, 5.74) is 2.21. The minimum absolute atomic E-state index is 0.0534. The average Bonchev–Trinajstić information content (AvgIpc) is 2.60. The van der Waals surface area contributed by atoms with Crippen molar-refractivity contribution in [3.05, 3.63) is 53.3 Å². The first-order chi connectivity index (χ1) is 11.6. The van der Waals surface area contributed by atoms with Crippen LogP contribution >= 0.6 is 23.8 Å². The van der Waals surface area contributed by atoms with E-state index in [1.165, 1.54) is 6.07 Å². The number of morpholine rings is 1. The second kappa shape index (κ2) is 7.79. The van der Waals surface area contributed by atoms with Gasteiger partial charge in [0.05, 0.1) is 23.9 Å². The van der Waals surface area contributed by atoms with Gasteiger partial charge in [0.1, 0.15) is 0 Å². The topological polar surface area (TPSA) is 36.5 Å². The lowest BCUT2D eigenvalue weighted by molar-refractivity contribution is 0.122. The van der Waals surface area contributed by atoms with E-state index in [0.717, 1.165) is 37.7 Å². The van der Waals surface area contributed by atoms with Gasteiger partial charge in [0.25, 0.3) is 0 Å². The first kappa shape index (κ1) is 17.0. The Hall–Kier alpha value is -1.89. The van der Waals surface area contributed by atoms with Gasteiger partial charge < -0.3 is 20.3 Å². The van der Waals surface area contributed by atoms with Gasteiger partial charge in [-0.1, -0.05) is 17.7 Å². The molecule has 0 saturated carbocycles. The normalized spacial score (nSPS) is 14.3. The van der Waals surface area contributed by atoms with Crippen LogP contribution in [-0.2, 0) is 4.74 Å². The Morgan fingerprint density at radius 2 is 1.79 bits per heavy atom. The van der Waals surface area contributed by atoms with Crippen molar-refractivity contribution in [2.24, 2.45) is 0 Å². The summed E-state index contributed by atoms with van der Waals surface area (Å²) in [5, 5.41) is 6.20. The number of halogens is 2. The van der Waals surface area contributed by atoms with Crippen molar-refractivity contribution >= 4 is 46.0 Å². The van der Waals surface area contributed by atoms with Crippen molar-refractivity contribution in [1.29, 1.82) is 0 Å². The average molecular weight is 366 g/mol. The number of hydrogen-bond donors (Lipinski definition) is 2. The lowest BCUT2D eigenvalue weighted by Crippen LogP contribution is -2.36. The molecule has 3 rings (SSSR count). The van der Waals surface area contributed by atoms with Crippen molar-refractivity contribution in [1.82, 2.24) is 0 Å². The number of benzene rings is 2. The van der Waals surface area contributed by atoms with Crippen LogP contribution in [-0.4, -0.2) is 31.4 Å². The number of nitrogens with one attached hydrogen (secondary N) is 2. The third kappa shape index (κ3) is 4.14. The van der Waals surface area contributed by atoms with Crippen LogP contribution in [0.5, 0.6) is 0 Å². The van der Waals surface area contributed by atoms with Crippen LogP contribution in [0.4, 0.5) is 21.5 Å². The Bertz CT molecular complexity index is 720. The zero-order valence-electron chi connectivity index (χ0n) is 12.9. The van der Waals surface area contributed by atoms with E-state index in [-0.39, 0.29) is 10.7 Å². The molecule has 0 amide bonds. The molecule has 1 heterocycles. The third-order valence-corrected chi connectivity index (χ3v) is 4.20. The maximum Gasteiger partial charge on any atom is 0.175 e. The summed E-state index contributed by atoms with van der Waals surface area (Å²) in [6.45, 7) is 3.28. The van der Waals surface area contributed by atoms with Crippen molar-refractivity contribution in [3.8, 4) is 0 Å². The van der Waals surface area contributed by atoms with Crippen LogP contribution in [0.1, 0.15) is 0 Å². The Balaban J connectivity index is 1.61. The number of hydrogen-bond acceptors (Lipinski definition) is 3. The summed E-state index contributed by atoms with van der Waals surface area (Å²) < 4.78 is 19.2. The fraction of sp³-hybridized carbons (Fsp3) is 0.235. The van der Waals surface area contributed by atoms with Gasteiger partial charge in [0, 0.05) is 24.5 Å². The van der Waals surface area contributed by atoms with Crippen LogP contribution in [0.25, 0.3) is 0 Å². The van der Waals surface area contributed by atoms with E-state index < -0.39 is 5.82 Å². The number of rotatable bonds is 3. The molecule has 2 aromatic carbocycles. The van der Waals surface area contributed by atoms with E-state index in [1.807, 2.05) is 24.3 Å². The molecule has 0 atom stereocenters. The standard InChI is InChI=1S/C17H17ClFN3OS/c18-14-2-1-3-15(16(14)19)21-17(24)20-12-4-6-13(7-5-12)22-8-10-23-11-9-22/h1-7H,8-11H2,(H2,20,21,24).